The number of rotatable bonds is 6. The molecule has 2 aromatic carbocycles. The average Bonchev–Trinajstić information content (AvgIpc) is 3.54. The van der Waals surface area contributed by atoms with Crippen LogP contribution in [0.15, 0.2) is 77.5 Å². The summed E-state index contributed by atoms with van der Waals surface area (Å²) in [4.78, 5) is 12.1. The smallest absolute Gasteiger partial charge is 0.175 e. The topological polar surface area (TPSA) is 59.1 Å². The van der Waals surface area contributed by atoms with Crippen molar-refractivity contribution in [3.63, 3.8) is 0 Å². The van der Waals surface area contributed by atoms with E-state index in [2.05, 4.69) is 33.5 Å². The van der Waals surface area contributed by atoms with Crippen molar-refractivity contribution in [3.05, 3.63) is 77.5 Å². The molecule has 5 rings (SSSR count). The van der Waals surface area contributed by atoms with Gasteiger partial charge in [-0.25, -0.2) is 9.97 Å². The molecule has 2 N–H and O–H groups in total. The fraction of sp³-hybridized carbons (Fsp3) is 0.0800. The SMILES string of the molecule is CCOc1ccc(NC(=S)Nc2ccc3nc(-c4cccs4)c(-c4cccs4)nc3c2)cc1. The zero-order chi connectivity index (χ0) is 22.6. The standard InChI is InChI=1S/C25H20N4OS3/c1-2-30-18-10-7-16(8-11-18)26-25(31)27-17-9-12-19-20(15-17)29-24(22-6-4-14-33-22)23(28-19)21-5-3-13-32-21/h3-15H,2H2,1H3,(H2,26,27,31). The predicted molar refractivity (Wildman–Crippen MR) is 144 cm³/mol. The third-order valence-corrected chi connectivity index (χ3v) is 6.81. The molecule has 0 saturated carbocycles. The van der Waals surface area contributed by atoms with Crippen LogP contribution in [-0.2, 0) is 0 Å². The summed E-state index contributed by atoms with van der Waals surface area (Å²) in [6.45, 7) is 2.60. The van der Waals surface area contributed by atoms with Gasteiger partial charge in [-0.05, 0) is 84.5 Å². The van der Waals surface area contributed by atoms with Gasteiger partial charge in [0, 0.05) is 11.4 Å². The van der Waals surface area contributed by atoms with E-state index in [0.717, 1.165) is 49.3 Å². The van der Waals surface area contributed by atoms with Crippen LogP contribution < -0.4 is 15.4 Å². The monoisotopic (exact) mass is 488 g/mol. The number of thiocarbonyl (C=S) groups is 1. The summed E-state index contributed by atoms with van der Waals surface area (Å²) in [5.41, 5.74) is 5.20. The van der Waals surface area contributed by atoms with Crippen LogP contribution in [0, 0.1) is 0 Å². The van der Waals surface area contributed by atoms with Crippen molar-refractivity contribution in [2.75, 3.05) is 17.2 Å². The average molecular weight is 489 g/mol. The summed E-state index contributed by atoms with van der Waals surface area (Å²) in [6, 6.07) is 21.8. The van der Waals surface area contributed by atoms with Crippen molar-refractivity contribution in [2.45, 2.75) is 6.92 Å². The number of thiophene rings is 2. The highest BCUT2D eigenvalue weighted by atomic mass is 32.1. The Labute approximate surface area is 205 Å². The highest BCUT2D eigenvalue weighted by Gasteiger charge is 2.15. The second-order valence-electron chi connectivity index (χ2n) is 7.12. The number of nitrogens with one attached hydrogen (secondary N) is 2. The molecule has 5 nitrogen and oxygen atoms in total. The molecular formula is C25H20N4OS3. The van der Waals surface area contributed by atoms with Gasteiger partial charge in [0.05, 0.1) is 27.4 Å². The third kappa shape index (κ3) is 4.88. The second kappa shape index (κ2) is 9.66. The number of anilines is 2. The molecule has 0 atom stereocenters. The Hall–Kier alpha value is -3.33. The van der Waals surface area contributed by atoms with Crippen LogP contribution in [0.3, 0.4) is 0 Å². The number of fused-ring (bicyclic) bond motifs is 1. The lowest BCUT2D eigenvalue weighted by Crippen LogP contribution is -2.19. The van der Waals surface area contributed by atoms with Crippen molar-refractivity contribution in [1.82, 2.24) is 9.97 Å². The van der Waals surface area contributed by atoms with Crippen molar-refractivity contribution in [3.8, 4) is 26.9 Å². The summed E-state index contributed by atoms with van der Waals surface area (Å²) in [5.74, 6) is 0.832. The molecule has 0 fully saturated rings. The van der Waals surface area contributed by atoms with Crippen LogP contribution in [0.25, 0.3) is 32.2 Å². The molecule has 0 aliphatic carbocycles. The van der Waals surface area contributed by atoms with Gasteiger partial charge in [0.25, 0.3) is 0 Å². The highest BCUT2D eigenvalue weighted by molar-refractivity contribution is 7.80. The molecule has 8 heteroatoms. The molecule has 0 aliphatic heterocycles. The minimum Gasteiger partial charge on any atom is -0.494 e. The van der Waals surface area contributed by atoms with Crippen LogP contribution >= 0.6 is 34.9 Å². The maximum absolute atomic E-state index is 5.50. The van der Waals surface area contributed by atoms with Crippen molar-refractivity contribution in [1.29, 1.82) is 0 Å². The van der Waals surface area contributed by atoms with E-state index in [9.17, 15) is 0 Å². The molecule has 0 saturated heterocycles. The maximum Gasteiger partial charge on any atom is 0.175 e. The molecule has 3 aromatic heterocycles. The lowest BCUT2D eigenvalue weighted by molar-refractivity contribution is 0.340. The molecular weight excluding hydrogens is 469 g/mol. The summed E-state index contributed by atoms with van der Waals surface area (Å²) in [6.07, 6.45) is 0. The Bertz CT molecular complexity index is 1380. The van der Waals surface area contributed by atoms with Crippen molar-refractivity contribution >= 4 is 62.4 Å². The van der Waals surface area contributed by atoms with Crippen LogP contribution in [0.4, 0.5) is 11.4 Å². The van der Waals surface area contributed by atoms with E-state index in [1.165, 1.54) is 0 Å². The first kappa shape index (κ1) is 21.5. The van der Waals surface area contributed by atoms with Crippen molar-refractivity contribution in [2.24, 2.45) is 0 Å². The molecule has 3 heterocycles. The summed E-state index contributed by atoms with van der Waals surface area (Å²) < 4.78 is 5.48. The van der Waals surface area contributed by atoms with Gasteiger partial charge < -0.3 is 15.4 Å². The van der Waals surface area contributed by atoms with Crippen LogP contribution in [-0.4, -0.2) is 21.7 Å². The van der Waals surface area contributed by atoms with Crippen LogP contribution in [0.5, 0.6) is 5.75 Å². The Morgan fingerprint density at radius 1 is 0.818 bits per heavy atom. The zero-order valence-corrected chi connectivity index (χ0v) is 20.2. The van der Waals surface area contributed by atoms with Gasteiger partial charge in [0.15, 0.2) is 5.11 Å². The quantitative estimate of drug-likeness (QED) is 0.245. The first-order valence-electron chi connectivity index (χ1n) is 10.4. The summed E-state index contributed by atoms with van der Waals surface area (Å²) >= 11 is 8.84. The largest absolute Gasteiger partial charge is 0.494 e. The van der Waals surface area contributed by atoms with Crippen LogP contribution in [0.2, 0.25) is 0 Å². The van der Waals surface area contributed by atoms with Gasteiger partial charge >= 0.3 is 0 Å². The Balaban J connectivity index is 1.41. The first-order valence-corrected chi connectivity index (χ1v) is 12.6. The molecule has 5 aromatic rings. The number of nitrogens with zero attached hydrogens (tertiary/aromatic N) is 2. The predicted octanol–water partition coefficient (Wildman–Crippen LogP) is 7.29. The van der Waals surface area contributed by atoms with E-state index in [0.29, 0.717) is 11.7 Å². The molecule has 0 radical (unpaired) electrons. The summed E-state index contributed by atoms with van der Waals surface area (Å²) in [7, 11) is 0. The van der Waals surface area contributed by atoms with Gasteiger partial charge in [-0.15, -0.1) is 22.7 Å². The van der Waals surface area contributed by atoms with E-state index in [1.54, 1.807) is 22.7 Å². The number of hydrogen-bond acceptors (Lipinski definition) is 6. The van der Waals surface area contributed by atoms with Gasteiger partial charge in [-0.3, -0.25) is 0 Å². The fourth-order valence-electron chi connectivity index (χ4n) is 3.40. The van der Waals surface area contributed by atoms with Crippen LogP contribution in [0.1, 0.15) is 6.92 Å². The molecule has 0 aliphatic rings. The number of aromatic nitrogens is 2. The van der Waals surface area contributed by atoms with Gasteiger partial charge in [0.2, 0.25) is 0 Å². The fourth-order valence-corrected chi connectivity index (χ4v) is 5.06. The lowest BCUT2D eigenvalue weighted by Gasteiger charge is -2.12. The minimum absolute atomic E-state index is 0.500. The molecule has 0 spiro atoms. The van der Waals surface area contributed by atoms with Gasteiger partial charge in [0.1, 0.15) is 17.1 Å². The van der Waals surface area contributed by atoms with E-state index in [1.807, 2.05) is 61.5 Å². The van der Waals surface area contributed by atoms with Gasteiger partial charge in [-0.2, -0.15) is 0 Å². The second-order valence-corrected chi connectivity index (χ2v) is 9.42. The van der Waals surface area contributed by atoms with Crippen molar-refractivity contribution < 1.29 is 4.74 Å². The van der Waals surface area contributed by atoms with Gasteiger partial charge in [-0.1, -0.05) is 12.1 Å². The van der Waals surface area contributed by atoms with E-state index < -0.39 is 0 Å². The first-order chi connectivity index (χ1) is 16.2. The maximum atomic E-state index is 5.50. The number of hydrogen-bond donors (Lipinski definition) is 2. The molecule has 0 amide bonds. The Morgan fingerprint density at radius 3 is 2.03 bits per heavy atom. The third-order valence-electron chi connectivity index (χ3n) is 4.85. The Morgan fingerprint density at radius 2 is 1.42 bits per heavy atom. The number of benzene rings is 2. The molecule has 164 valence electrons. The molecule has 33 heavy (non-hydrogen) atoms. The van der Waals surface area contributed by atoms with E-state index >= 15 is 0 Å². The number of ether oxygens (including phenoxy) is 1. The zero-order valence-electron chi connectivity index (χ0n) is 17.7. The van der Waals surface area contributed by atoms with E-state index in [4.69, 9.17) is 26.9 Å². The molecule has 0 unspecified atom stereocenters. The van der Waals surface area contributed by atoms with E-state index in [-0.39, 0.29) is 0 Å². The molecule has 0 bridgehead atoms. The highest BCUT2D eigenvalue weighted by Crippen LogP contribution is 2.35. The normalized spacial score (nSPS) is 10.8. The summed E-state index contributed by atoms with van der Waals surface area (Å²) in [5, 5.41) is 11.1. The lowest BCUT2D eigenvalue weighted by atomic mass is 10.2. The minimum atomic E-state index is 0.500. The Kier molecular flexibility index (Phi) is 6.30.